The van der Waals surface area contributed by atoms with E-state index in [4.69, 9.17) is 9.47 Å². The highest BCUT2D eigenvalue weighted by molar-refractivity contribution is 5.17. The molecule has 1 aromatic rings. The number of hydrogen-bond donors (Lipinski definition) is 1. The van der Waals surface area contributed by atoms with Crippen LogP contribution in [0.5, 0.6) is 5.88 Å². The minimum atomic E-state index is 0.265. The Kier molecular flexibility index (Phi) is 5.54. The van der Waals surface area contributed by atoms with Crippen LogP contribution in [0.15, 0.2) is 12.4 Å². The van der Waals surface area contributed by atoms with Crippen molar-refractivity contribution in [1.82, 2.24) is 15.3 Å². The van der Waals surface area contributed by atoms with Gasteiger partial charge in [-0.15, -0.1) is 0 Å². The van der Waals surface area contributed by atoms with E-state index in [1.165, 1.54) is 0 Å². The fraction of sp³-hybridized carbons (Fsp3) is 0.714. The van der Waals surface area contributed by atoms with Gasteiger partial charge in [0, 0.05) is 19.3 Å². The highest BCUT2D eigenvalue weighted by atomic mass is 16.5. The number of hydrogen-bond acceptors (Lipinski definition) is 5. The van der Waals surface area contributed by atoms with E-state index in [2.05, 4.69) is 22.2 Å². The first kappa shape index (κ1) is 14.2. The van der Waals surface area contributed by atoms with Gasteiger partial charge in [0.05, 0.1) is 18.8 Å². The molecule has 1 saturated heterocycles. The van der Waals surface area contributed by atoms with Crippen molar-refractivity contribution in [1.29, 1.82) is 0 Å². The zero-order valence-electron chi connectivity index (χ0n) is 11.8. The lowest BCUT2D eigenvalue weighted by atomic mass is 9.89. The third kappa shape index (κ3) is 3.88. The number of ether oxygens (including phenoxy) is 2. The van der Waals surface area contributed by atoms with E-state index >= 15 is 0 Å². The smallest absolute Gasteiger partial charge is 0.216 e. The number of nitrogens with zero attached hydrogens (tertiary/aromatic N) is 2. The Bertz CT molecular complexity index is 381. The van der Waals surface area contributed by atoms with Crippen LogP contribution in [0.4, 0.5) is 0 Å². The maximum Gasteiger partial charge on any atom is 0.216 e. The van der Waals surface area contributed by atoms with Gasteiger partial charge in [-0.05, 0) is 31.7 Å². The zero-order valence-corrected chi connectivity index (χ0v) is 11.8. The number of aromatic nitrogens is 2. The summed E-state index contributed by atoms with van der Waals surface area (Å²) in [6, 6.07) is 2.20. The lowest BCUT2D eigenvalue weighted by Gasteiger charge is -2.30. The summed E-state index contributed by atoms with van der Waals surface area (Å²) in [5, 5.41) is 3.61. The predicted molar refractivity (Wildman–Crippen MR) is 73.2 cm³/mol. The Morgan fingerprint density at radius 2 is 2.21 bits per heavy atom. The second-order valence-corrected chi connectivity index (χ2v) is 4.87. The van der Waals surface area contributed by atoms with Crippen molar-refractivity contribution in [2.24, 2.45) is 5.92 Å². The van der Waals surface area contributed by atoms with E-state index < -0.39 is 0 Å². The minimum absolute atomic E-state index is 0.265. The van der Waals surface area contributed by atoms with Gasteiger partial charge >= 0.3 is 0 Å². The summed E-state index contributed by atoms with van der Waals surface area (Å²) < 4.78 is 10.6. The van der Waals surface area contributed by atoms with Crippen LogP contribution in [-0.4, -0.2) is 36.8 Å². The summed E-state index contributed by atoms with van der Waals surface area (Å²) in [4.78, 5) is 8.50. The fourth-order valence-corrected chi connectivity index (χ4v) is 2.50. The molecule has 0 saturated carbocycles. The molecule has 0 aromatic carbocycles. The van der Waals surface area contributed by atoms with Gasteiger partial charge in [-0.1, -0.05) is 6.92 Å². The number of rotatable bonds is 6. The number of nitrogens with one attached hydrogen (secondary N) is 1. The van der Waals surface area contributed by atoms with Gasteiger partial charge in [0.15, 0.2) is 0 Å². The molecule has 5 heteroatoms. The molecular formula is C14H23N3O2. The highest BCUT2D eigenvalue weighted by Gasteiger charge is 2.26. The molecule has 1 unspecified atom stereocenters. The molecule has 0 amide bonds. The highest BCUT2D eigenvalue weighted by Crippen LogP contribution is 2.29. The van der Waals surface area contributed by atoms with Crippen molar-refractivity contribution in [2.75, 3.05) is 26.9 Å². The van der Waals surface area contributed by atoms with Crippen molar-refractivity contribution in [2.45, 2.75) is 32.2 Å². The van der Waals surface area contributed by atoms with Crippen LogP contribution in [0.1, 0.15) is 37.9 Å². The average molecular weight is 265 g/mol. The molecule has 2 heterocycles. The van der Waals surface area contributed by atoms with Crippen LogP contribution in [0.2, 0.25) is 0 Å². The molecule has 0 spiro atoms. The molecular weight excluding hydrogens is 242 g/mol. The van der Waals surface area contributed by atoms with Crippen molar-refractivity contribution >= 4 is 0 Å². The van der Waals surface area contributed by atoms with Crippen molar-refractivity contribution in [3.05, 3.63) is 18.1 Å². The van der Waals surface area contributed by atoms with Gasteiger partial charge in [-0.2, -0.15) is 0 Å². The van der Waals surface area contributed by atoms with Crippen molar-refractivity contribution < 1.29 is 9.47 Å². The second kappa shape index (κ2) is 7.40. The first-order valence-corrected chi connectivity index (χ1v) is 7.02. The molecule has 2 rings (SSSR count). The molecule has 1 aliphatic heterocycles. The van der Waals surface area contributed by atoms with E-state index in [0.717, 1.165) is 44.7 Å². The summed E-state index contributed by atoms with van der Waals surface area (Å²) in [6.07, 6.45) is 4.84. The predicted octanol–water partition coefficient (Wildman–Crippen LogP) is 1.95. The van der Waals surface area contributed by atoms with Crippen LogP contribution < -0.4 is 10.1 Å². The maximum absolute atomic E-state index is 5.45. The van der Waals surface area contributed by atoms with Crippen molar-refractivity contribution in [3.8, 4) is 5.88 Å². The van der Waals surface area contributed by atoms with E-state index in [1.807, 2.05) is 6.07 Å². The normalized spacial score (nSPS) is 18.2. The second-order valence-electron chi connectivity index (χ2n) is 4.87. The molecule has 1 N–H and O–H groups in total. The first-order chi connectivity index (χ1) is 9.35. The van der Waals surface area contributed by atoms with E-state index in [0.29, 0.717) is 11.8 Å². The van der Waals surface area contributed by atoms with Crippen LogP contribution in [-0.2, 0) is 4.74 Å². The summed E-state index contributed by atoms with van der Waals surface area (Å²) in [6.45, 7) is 4.86. The third-order valence-corrected chi connectivity index (χ3v) is 3.54. The minimum Gasteiger partial charge on any atom is -0.481 e. The Labute approximate surface area is 114 Å². The largest absolute Gasteiger partial charge is 0.481 e. The third-order valence-electron chi connectivity index (χ3n) is 3.54. The molecule has 1 aliphatic rings. The van der Waals surface area contributed by atoms with E-state index in [-0.39, 0.29) is 6.04 Å². The van der Waals surface area contributed by atoms with Gasteiger partial charge in [0.2, 0.25) is 5.88 Å². The quantitative estimate of drug-likeness (QED) is 0.852. The molecule has 19 heavy (non-hydrogen) atoms. The number of methoxy groups -OCH3 is 1. The Morgan fingerprint density at radius 3 is 2.89 bits per heavy atom. The lowest BCUT2D eigenvalue weighted by molar-refractivity contribution is 0.0530. The Balaban J connectivity index is 2.14. The van der Waals surface area contributed by atoms with Crippen molar-refractivity contribution in [3.63, 3.8) is 0 Å². The summed E-state index contributed by atoms with van der Waals surface area (Å²) in [5.41, 5.74) is 1.02. The average Bonchev–Trinajstić information content (AvgIpc) is 2.49. The molecule has 0 aliphatic carbocycles. The topological polar surface area (TPSA) is 56.3 Å². The summed E-state index contributed by atoms with van der Waals surface area (Å²) >= 11 is 0. The SMILES string of the molecule is CCCNC(c1cc(OC)ncn1)C1CCOCC1. The zero-order chi connectivity index (χ0) is 13.5. The summed E-state index contributed by atoms with van der Waals surface area (Å²) in [5.74, 6) is 1.19. The lowest BCUT2D eigenvalue weighted by Crippen LogP contribution is -2.33. The van der Waals surface area contributed by atoms with Gasteiger partial charge in [-0.25, -0.2) is 9.97 Å². The Hall–Kier alpha value is -1.20. The standard InChI is InChI=1S/C14H23N3O2/c1-3-6-15-14(11-4-7-19-8-5-11)12-9-13(18-2)17-10-16-12/h9-11,14-15H,3-8H2,1-2H3. The monoisotopic (exact) mass is 265 g/mol. The molecule has 106 valence electrons. The van der Waals surface area contributed by atoms with Crippen LogP contribution in [0.3, 0.4) is 0 Å². The first-order valence-electron chi connectivity index (χ1n) is 7.02. The van der Waals surface area contributed by atoms with Gasteiger partial charge in [-0.3, -0.25) is 0 Å². The maximum atomic E-state index is 5.45. The van der Waals surface area contributed by atoms with Crippen LogP contribution in [0.25, 0.3) is 0 Å². The molecule has 1 aromatic heterocycles. The van der Waals surface area contributed by atoms with Crippen LogP contribution >= 0.6 is 0 Å². The molecule has 5 nitrogen and oxygen atoms in total. The van der Waals surface area contributed by atoms with E-state index in [9.17, 15) is 0 Å². The van der Waals surface area contributed by atoms with Gasteiger partial charge in [0.25, 0.3) is 0 Å². The molecule has 0 radical (unpaired) electrons. The molecule has 0 bridgehead atoms. The summed E-state index contributed by atoms with van der Waals surface area (Å²) in [7, 11) is 1.63. The molecule has 1 atom stereocenters. The van der Waals surface area contributed by atoms with Gasteiger partial charge in [0.1, 0.15) is 6.33 Å². The van der Waals surface area contributed by atoms with E-state index in [1.54, 1.807) is 13.4 Å². The Morgan fingerprint density at radius 1 is 1.42 bits per heavy atom. The van der Waals surface area contributed by atoms with Gasteiger partial charge < -0.3 is 14.8 Å². The van der Waals surface area contributed by atoms with Crippen LogP contribution in [0, 0.1) is 5.92 Å². The molecule has 1 fully saturated rings. The fourth-order valence-electron chi connectivity index (χ4n) is 2.50.